The Morgan fingerprint density at radius 1 is 1.43 bits per heavy atom. The summed E-state index contributed by atoms with van der Waals surface area (Å²) in [6.07, 6.45) is 0.864. The lowest BCUT2D eigenvalue weighted by Crippen LogP contribution is -2.18. The highest BCUT2D eigenvalue weighted by Crippen LogP contribution is 2.31. The van der Waals surface area contributed by atoms with E-state index in [-0.39, 0.29) is 5.69 Å². The quantitative estimate of drug-likeness (QED) is 0.675. The molecule has 1 aromatic carbocycles. The summed E-state index contributed by atoms with van der Waals surface area (Å²) in [6.45, 7) is 3.95. The number of nitro benzene ring substituents is 1. The molecular formula is C15H18N2O4. The smallest absolute Gasteiger partial charge is 0.292 e. The fraction of sp³-hybridized carbons (Fsp3) is 0.333. The Kier molecular flexibility index (Phi) is 4.28. The van der Waals surface area contributed by atoms with Crippen molar-refractivity contribution in [2.45, 2.75) is 26.5 Å². The van der Waals surface area contributed by atoms with Crippen LogP contribution in [0.5, 0.6) is 0 Å². The van der Waals surface area contributed by atoms with Gasteiger partial charge in [0.1, 0.15) is 11.4 Å². The highest BCUT2D eigenvalue weighted by molar-refractivity contribution is 5.64. The monoisotopic (exact) mass is 290 g/mol. The number of hydrogen-bond acceptors (Lipinski definition) is 5. The van der Waals surface area contributed by atoms with Gasteiger partial charge in [0.2, 0.25) is 0 Å². The number of benzene rings is 1. The first-order chi connectivity index (χ1) is 9.90. The van der Waals surface area contributed by atoms with Crippen LogP contribution < -0.4 is 4.90 Å². The Bertz CT molecular complexity index is 649. The van der Waals surface area contributed by atoms with Crippen LogP contribution >= 0.6 is 0 Å². The van der Waals surface area contributed by atoms with Crippen molar-refractivity contribution in [3.8, 4) is 0 Å². The first-order valence-electron chi connectivity index (χ1n) is 6.60. The average molecular weight is 290 g/mol. The van der Waals surface area contributed by atoms with Gasteiger partial charge in [-0.25, -0.2) is 0 Å². The van der Waals surface area contributed by atoms with E-state index in [0.717, 1.165) is 11.3 Å². The molecule has 0 fully saturated rings. The number of furan rings is 1. The predicted octanol–water partition coefficient (Wildman–Crippen LogP) is 3.19. The Labute approximate surface area is 122 Å². The second-order valence-electron chi connectivity index (χ2n) is 5.04. The van der Waals surface area contributed by atoms with Crippen molar-refractivity contribution in [1.82, 2.24) is 0 Å². The fourth-order valence-electron chi connectivity index (χ4n) is 2.19. The zero-order chi connectivity index (χ0) is 15.6. The van der Waals surface area contributed by atoms with E-state index < -0.39 is 11.0 Å². The van der Waals surface area contributed by atoms with Crippen molar-refractivity contribution in [2.75, 3.05) is 11.9 Å². The van der Waals surface area contributed by atoms with Crippen LogP contribution in [-0.4, -0.2) is 17.1 Å². The third-order valence-corrected chi connectivity index (χ3v) is 3.46. The summed E-state index contributed by atoms with van der Waals surface area (Å²) in [6, 6.07) is 6.63. The van der Waals surface area contributed by atoms with Crippen molar-refractivity contribution in [1.29, 1.82) is 0 Å². The van der Waals surface area contributed by atoms with Crippen molar-refractivity contribution in [2.24, 2.45) is 0 Å². The van der Waals surface area contributed by atoms with Crippen molar-refractivity contribution < 1.29 is 14.4 Å². The van der Waals surface area contributed by atoms with Crippen LogP contribution in [0.4, 0.5) is 11.4 Å². The lowest BCUT2D eigenvalue weighted by molar-refractivity contribution is -0.384. The standard InChI is InChI=1S/C15H18N2O4/c1-10(18)12-4-5-14(15(8-12)17(19)20)16(3)9-13-6-7-21-11(13)2/h4-8,10,18H,9H2,1-3H3/t10-/m1/s1. The molecule has 0 amide bonds. The van der Waals surface area contributed by atoms with E-state index in [1.165, 1.54) is 6.07 Å². The first kappa shape index (κ1) is 15.1. The van der Waals surface area contributed by atoms with Gasteiger partial charge in [0.05, 0.1) is 17.3 Å². The molecule has 1 heterocycles. The van der Waals surface area contributed by atoms with Gasteiger partial charge in [-0.1, -0.05) is 6.07 Å². The second kappa shape index (κ2) is 5.97. The molecule has 6 heteroatoms. The molecular weight excluding hydrogens is 272 g/mol. The topological polar surface area (TPSA) is 79.8 Å². The van der Waals surface area contributed by atoms with Gasteiger partial charge < -0.3 is 14.4 Å². The molecule has 2 aromatic rings. The summed E-state index contributed by atoms with van der Waals surface area (Å²) < 4.78 is 5.24. The molecule has 2 rings (SSSR count). The zero-order valence-corrected chi connectivity index (χ0v) is 12.2. The molecule has 0 unspecified atom stereocenters. The van der Waals surface area contributed by atoms with Gasteiger partial charge in [-0.3, -0.25) is 10.1 Å². The first-order valence-corrected chi connectivity index (χ1v) is 6.60. The van der Waals surface area contributed by atoms with E-state index >= 15 is 0 Å². The Morgan fingerprint density at radius 2 is 2.14 bits per heavy atom. The maximum absolute atomic E-state index is 11.2. The predicted molar refractivity (Wildman–Crippen MR) is 79.3 cm³/mol. The van der Waals surface area contributed by atoms with Gasteiger partial charge in [-0.05, 0) is 31.5 Å². The van der Waals surface area contributed by atoms with Gasteiger partial charge in [0.15, 0.2) is 0 Å². The molecule has 1 aromatic heterocycles. The van der Waals surface area contributed by atoms with Crippen LogP contribution in [0.15, 0.2) is 34.9 Å². The molecule has 112 valence electrons. The van der Waals surface area contributed by atoms with E-state index in [1.54, 1.807) is 37.3 Å². The van der Waals surface area contributed by atoms with E-state index in [2.05, 4.69) is 0 Å². The summed E-state index contributed by atoms with van der Waals surface area (Å²) in [7, 11) is 1.79. The molecule has 1 N–H and O–H groups in total. The minimum atomic E-state index is -0.737. The molecule has 0 aliphatic carbocycles. The van der Waals surface area contributed by atoms with E-state index in [9.17, 15) is 15.2 Å². The number of aliphatic hydroxyl groups is 1. The third kappa shape index (κ3) is 3.22. The number of nitrogens with zero attached hydrogens (tertiary/aromatic N) is 2. The number of hydrogen-bond donors (Lipinski definition) is 1. The SMILES string of the molecule is Cc1occc1CN(C)c1ccc([C@@H](C)O)cc1[N+](=O)[O-]. The third-order valence-electron chi connectivity index (χ3n) is 3.46. The molecule has 0 saturated heterocycles. The van der Waals surface area contributed by atoms with Gasteiger partial charge >= 0.3 is 0 Å². The fourth-order valence-corrected chi connectivity index (χ4v) is 2.19. The second-order valence-corrected chi connectivity index (χ2v) is 5.04. The van der Waals surface area contributed by atoms with Crippen LogP contribution in [0.25, 0.3) is 0 Å². The molecule has 0 aliphatic rings. The van der Waals surface area contributed by atoms with Crippen LogP contribution in [0.2, 0.25) is 0 Å². The van der Waals surface area contributed by atoms with E-state index in [0.29, 0.717) is 17.8 Å². The summed E-state index contributed by atoms with van der Waals surface area (Å²) in [5.74, 6) is 0.796. The highest BCUT2D eigenvalue weighted by atomic mass is 16.6. The molecule has 0 spiro atoms. The Morgan fingerprint density at radius 3 is 2.67 bits per heavy atom. The molecule has 21 heavy (non-hydrogen) atoms. The number of aliphatic hydroxyl groups excluding tert-OH is 1. The molecule has 6 nitrogen and oxygen atoms in total. The molecule has 0 saturated carbocycles. The Balaban J connectivity index is 2.34. The van der Waals surface area contributed by atoms with Gasteiger partial charge in [0, 0.05) is 25.2 Å². The Hall–Kier alpha value is -2.34. The largest absolute Gasteiger partial charge is 0.469 e. The number of nitro groups is 1. The summed E-state index contributed by atoms with van der Waals surface area (Å²) in [5, 5.41) is 20.8. The molecule has 0 bridgehead atoms. The minimum absolute atomic E-state index is 0.0166. The molecule has 1 atom stereocenters. The van der Waals surface area contributed by atoms with Gasteiger partial charge in [0.25, 0.3) is 5.69 Å². The normalized spacial score (nSPS) is 12.2. The molecule has 0 radical (unpaired) electrons. The van der Waals surface area contributed by atoms with Crippen molar-refractivity contribution in [3.63, 3.8) is 0 Å². The van der Waals surface area contributed by atoms with Crippen molar-refractivity contribution in [3.05, 3.63) is 57.5 Å². The average Bonchev–Trinajstić information content (AvgIpc) is 2.83. The molecule has 0 aliphatic heterocycles. The maximum atomic E-state index is 11.2. The zero-order valence-electron chi connectivity index (χ0n) is 12.2. The van der Waals surface area contributed by atoms with Crippen LogP contribution in [-0.2, 0) is 6.54 Å². The summed E-state index contributed by atoms with van der Waals surface area (Å²) in [4.78, 5) is 12.6. The number of aryl methyl sites for hydroxylation is 1. The summed E-state index contributed by atoms with van der Waals surface area (Å²) in [5.41, 5.74) is 1.99. The van der Waals surface area contributed by atoms with Crippen LogP contribution in [0, 0.1) is 17.0 Å². The number of rotatable bonds is 5. The maximum Gasteiger partial charge on any atom is 0.292 e. The lowest BCUT2D eigenvalue weighted by Gasteiger charge is -2.19. The van der Waals surface area contributed by atoms with E-state index in [1.807, 2.05) is 13.0 Å². The van der Waals surface area contributed by atoms with E-state index in [4.69, 9.17) is 4.42 Å². The summed E-state index contributed by atoms with van der Waals surface area (Å²) >= 11 is 0. The van der Waals surface area contributed by atoms with Crippen LogP contribution in [0.3, 0.4) is 0 Å². The minimum Gasteiger partial charge on any atom is -0.469 e. The number of anilines is 1. The highest BCUT2D eigenvalue weighted by Gasteiger charge is 2.20. The van der Waals surface area contributed by atoms with Crippen LogP contribution in [0.1, 0.15) is 29.9 Å². The van der Waals surface area contributed by atoms with Gasteiger partial charge in [-0.2, -0.15) is 0 Å². The van der Waals surface area contributed by atoms with Gasteiger partial charge in [-0.15, -0.1) is 0 Å². The van der Waals surface area contributed by atoms with Crippen molar-refractivity contribution >= 4 is 11.4 Å². The lowest BCUT2D eigenvalue weighted by atomic mass is 10.1.